The van der Waals surface area contributed by atoms with Crippen molar-refractivity contribution >= 4 is 11.8 Å². The van der Waals surface area contributed by atoms with E-state index in [1.165, 1.54) is 6.92 Å². The molecule has 0 saturated heterocycles. The summed E-state index contributed by atoms with van der Waals surface area (Å²) in [6.07, 6.45) is 0.709. The standard InChI is InChI=1S/C22H28N2O4/c1-16(22(26)23-14-13-18-5-9-20(27-3)10-6-18)24(17(2)25)15-19-7-11-21(28-4)12-8-19/h5-12,16H,13-15H2,1-4H3,(H,23,26). The zero-order valence-corrected chi connectivity index (χ0v) is 16.9. The predicted molar refractivity (Wildman–Crippen MR) is 108 cm³/mol. The molecule has 28 heavy (non-hydrogen) atoms. The van der Waals surface area contributed by atoms with Crippen molar-refractivity contribution in [3.8, 4) is 11.5 Å². The Bertz CT molecular complexity index is 772. The largest absolute Gasteiger partial charge is 0.497 e. The number of hydrogen-bond acceptors (Lipinski definition) is 4. The molecule has 1 unspecified atom stereocenters. The van der Waals surface area contributed by atoms with E-state index in [4.69, 9.17) is 9.47 Å². The second-order valence-electron chi connectivity index (χ2n) is 6.56. The van der Waals surface area contributed by atoms with E-state index in [9.17, 15) is 9.59 Å². The topological polar surface area (TPSA) is 67.9 Å². The molecule has 2 amide bonds. The lowest BCUT2D eigenvalue weighted by Crippen LogP contribution is -2.47. The molecule has 0 spiro atoms. The van der Waals surface area contributed by atoms with Gasteiger partial charge in [0.1, 0.15) is 17.5 Å². The van der Waals surface area contributed by atoms with Crippen LogP contribution in [0.3, 0.4) is 0 Å². The third kappa shape index (κ3) is 6.01. The summed E-state index contributed by atoms with van der Waals surface area (Å²) in [5.74, 6) is 1.24. The van der Waals surface area contributed by atoms with E-state index in [0.717, 1.165) is 22.6 Å². The van der Waals surface area contributed by atoms with E-state index in [1.807, 2.05) is 48.5 Å². The fraction of sp³-hybridized carbons (Fsp3) is 0.364. The molecule has 0 bridgehead atoms. The number of nitrogens with one attached hydrogen (secondary N) is 1. The minimum Gasteiger partial charge on any atom is -0.497 e. The van der Waals surface area contributed by atoms with Crippen molar-refractivity contribution in [2.24, 2.45) is 0 Å². The zero-order valence-electron chi connectivity index (χ0n) is 16.9. The van der Waals surface area contributed by atoms with E-state index in [2.05, 4.69) is 5.32 Å². The van der Waals surface area contributed by atoms with Gasteiger partial charge in [0.05, 0.1) is 14.2 Å². The van der Waals surface area contributed by atoms with Crippen molar-refractivity contribution in [2.75, 3.05) is 20.8 Å². The van der Waals surface area contributed by atoms with Gasteiger partial charge in [-0.3, -0.25) is 9.59 Å². The molecule has 2 aromatic rings. The first-order valence-electron chi connectivity index (χ1n) is 9.25. The van der Waals surface area contributed by atoms with Gasteiger partial charge in [0.2, 0.25) is 11.8 Å². The average Bonchev–Trinajstić information content (AvgIpc) is 2.72. The Morgan fingerprint density at radius 2 is 1.43 bits per heavy atom. The maximum absolute atomic E-state index is 12.5. The summed E-state index contributed by atoms with van der Waals surface area (Å²) >= 11 is 0. The lowest BCUT2D eigenvalue weighted by atomic mass is 10.1. The summed E-state index contributed by atoms with van der Waals surface area (Å²) in [5, 5.41) is 2.91. The molecule has 0 fully saturated rings. The zero-order chi connectivity index (χ0) is 20.5. The van der Waals surface area contributed by atoms with Gasteiger partial charge in [0.25, 0.3) is 0 Å². The van der Waals surface area contributed by atoms with E-state index >= 15 is 0 Å². The van der Waals surface area contributed by atoms with E-state index < -0.39 is 6.04 Å². The van der Waals surface area contributed by atoms with E-state index in [1.54, 1.807) is 26.0 Å². The maximum atomic E-state index is 12.5. The average molecular weight is 384 g/mol. The minimum absolute atomic E-state index is 0.145. The van der Waals surface area contributed by atoms with Gasteiger partial charge in [-0.2, -0.15) is 0 Å². The van der Waals surface area contributed by atoms with Gasteiger partial charge in [-0.05, 0) is 48.7 Å². The van der Waals surface area contributed by atoms with Crippen LogP contribution in [-0.4, -0.2) is 43.5 Å². The van der Waals surface area contributed by atoms with Crippen LogP contribution in [0, 0.1) is 0 Å². The Balaban J connectivity index is 1.90. The second kappa shape index (κ2) is 10.3. The molecule has 0 aromatic heterocycles. The number of carbonyl (C=O) groups is 2. The summed E-state index contributed by atoms with van der Waals surface area (Å²) in [7, 11) is 3.23. The van der Waals surface area contributed by atoms with Gasteiger partial charge in [0, 0.05) is 20.0 Å². The molecular formula is C22H28N2O4. The first kappa shape index (κ1) is 21.3. The number of methoxy groups -OCH3 is 2. The summed E-state index contributed by atoms with van der Waals surface area (Å²) in [5.41, 5.74) is 2.05. The van der Waals surface area contributed by atoms with Crippen LogP contribution in [0.2, 0.25) is 0 Å². The fourth-order valence-electron chi connectivity index (χ4n) is 2.86. The number of nitrogens with zero attached hydrogens (tertiary/aromatic N) is 1. The van der Waals surface area contributed by atoms with E-state index in [-0.39, 0.29) is 11.8 Å². The number of ether oxygens (including phenoxy) is 2. The van der Waals surface area contributed by atoms with Gasteiger partial charge >= 0.3 is 0 Å². The minimum atomic E-state index is -0.560. The molecule has 1 atom stereocenters. The normalized spacial score (nSPS) is 11.4. The second-order valence-corrected chi connectivity index (χ2v) is 6.56. The van der Waals surface area contributed by atoms with Gasteiger partial charge in [-0.15, -0.1) is 0 Å². The SMILES string of the molecule is COc1ccc(CCNC(=O)C(C)N(Cc2ccc(OC)cc2)C(C)=O)cc1. The molecule has 0 radical (unpaired) electrons. The fourth-order valence-corrected chi connectivity index (χ4v) is 2.86. The Hall–Kier alpha value is -3.02. The lowest BCUT2D eigenvalue weighted by Gasteiger charge is -2.27. The number of amides is 2. The molecule has 150 valence electrons. The highest BCUT2D eigenvalue weighted by molar-refractivity contribution is 5.86. The molecule has 0 heterocycles. The summed E-state index contributed by atoms with van der Waals surface area (Å²) in [6.45, 7) is 4.09. The Morgan fingerprint density at radius 3 is 1.89 bits per heavy atom. The molecule has 0 aliphatic heterocycles. The number of hydrogen-bond donors (Lipinski definition) is 1. The molecule has 6 heteroatoms. The van der Waals surface area contributed by atoms with Crippen LogP contribution in [0.5, 0.6) is 11.5 Å². The van der Waals surface area contributed by atoms with Crippen LogP contribution in [0.15, 0.2) is 48.5 Å². The van der Waals surface area contributed by atoms with Crippen LogP contribution in [-0.2, 0) is 22.6 Å². The van der Waals surface area contributed by atoms with Crippen molar-refractivity contribution in [3.63, 3.8) is 0 Å². The van der Waals surface area contributed by atoms with E-state index in [0.29, 0.717) is 19.5 Å². The summed E-state index contributed by atoms with van der Waals surface area (Å²) < 4.78 is 10.3. The van der Waals surface area contributed by atoms with Crippen LogP contribution >= 0.6 is 0 Å². The molecule has 0 aliphatic carbocycles. The summed E-state index contributed by atoms with van der Waals surface area (Å²) in [6, 6.07) is 14.6. The maximum Gasteiger partial charge on any atom is 0.242 e. The molecule has 6 nitrogen and oxygen atoms in total. The molecule has 0 aliphatic rings. The highest BCUT2D eigenvalue weighted by Crippen LogP contribution is 2.15. The first-order chi connectivity index (χ1) is 13.4. The molecule has 2 aromatic carbocycles. The Kier molecular flexibility index (Phi) is 7.87. The van der Waals surface area contributed by atoms with Crippen LogP contribution in [0.1, 0.15) is 25.0 Å². The monoisotopic (exact) mass is 384 g/mol. The van der Waals surface area contributed by atoms with Crippen molar-refractivity contribution in [3.05, 3.63) is 59.7 Å². The quantitative estimate of drug-likeness (QED) is 0.722. The Labute approximate surface area is 166 Å². The molecular weight excluding hydrogens is 356 g/mol. The molecule has 0 saturated carbocycles. The van der Waals surface area contributed by atoms with Crippen molar-refractivity contribution < 1.29 is 19.1 Å². The van der Waals surface area contributed by atoms with Gasteiger partial charge in [-0.1, -0.05) is 24.3 Å². The number of rotatable bonds is 9. The Morgan fingerprint density at radius 1 is 0.929 bits per heavy atom. The first-order valence-corrected chi connectivity index (χ1v) is 9.25. The predicted octanol–water partition coefficient (Wildman–Crippen LogP) is 2.80. The van der Waals surface area contributed by atoms with Crippen molar-refractivity contribution in [1.29, 1.82) is 0 Å². The highest BCUT2D eigenvalue weighted by atomic mass is 16.5. The van der Waals surface area contributed by atoms with Gasteiger partial charge in [0.15, 0.2) is 0 Å². The third-order valence-electron chi connectivity index (χ3n) is 4.64. The van der Waals surface area contributed by atoms with Crippen LogP contribution in [0.4, 0.5) is 0 Å². The van der Waals surface area contributed by atoms with Crippen molar-refractivity contribution in [2.45, 2.75) is 32.9 Å². The van der Waals surface area contributed by atoms with Crippen LogP contribution < -0.4 is 14.8 Å². The molecule has 2 rings (SSSR count). The highest BCUT2D eigenvalue weighted by Gasteiger charge is 2.23. The van der Waals surface area contributed by atoms with Crippen molar-refractivity contribution in [1.82, 2.24) is 10.2 Å². The van der Waals surface area contributed by atoms with Crippen LogP contribution in [0.25, 0.3) is 0 Å². The third-order valence-corrected chi connectivity index (χ3v) is 4.64. The number of benzene rings is 2. The molecule has 1 N–H and O–H groups in total. The number of carbonyl (C=O) groups excluding carboxylic acids is 2. The van der Waals surface area contributed by atoms with Gasteiger partial charge < -0.3 is 19.7 Å². The van der Waals surface area contributed by atoms with Gasteiger partial charge in [-0.25, -0.2) is 0 Å². The lowest BCUT2D eigenvalue weighted by molar-refractivity contribution is -0.138. The smallest absolute Gasteiger partial charge is 0.242 e. The summed E-state index contributed by atoms with van der Waals surface area (Å²) in [4.78, 5) is 26.2.